The van der Waals surface area contributed by atoms with E-state index in [1.165, 1.54) is 0 Å². The number of carboxylic acids is 1. The summed E-state index contributed by atoms with van der Waals surface area (Å²) in [5.74, 6) is -2.04. The predicted molar refractivity (Wildman–Crippen MR) is 68.1 cm³/mol. The summed E-state index contributed by atoms with van der Waals surface area (Å²) >= 11 is 0. The Hall–Kier alpha value is -1.88. The van der Waals surface area contributed by atoms with Crippen molar-refractivity contribution in [2.24, 2.45) is 5.73 Å². The Bertz CT molecular complexity index is 406. The number of hydrogen-bond donors (Lipinski definition) is 3. The monoisotopic (exact) mass is 250 g/mol. The SMILES string of the molecule is CC[C@@H](N)C(=O)NCC(C(=O)O)c1ccccc1. The van der Waals surface area contributed by atoms with Gasteiger partial charge in [-0.1, -0.05) is 37.3 Å². The molecule has 98 valence electrons. The third kappa shape index (κ3) is 3.85. The molecule has 1 aromatic carbocycles. The van der Waals surface area contributed by atoms with Gasteiger partial charge in [0.2, 0.25) is 5.91 Å². The van der Waals surface area contributed by atoms with Gasteiger partial charge in [-0.25, -0.2) is 0 Å². The minimum absolute atomic E-state index is 0.0475. The summed E-state index contributed by atoms with van der Waals surface area (Å²) in [5, 5.41) is 11.7. The zero-order valence-corrected chi connectivity index (χ0v) is 10.3. The number of carbonyl (C=O) groups is 2. The molecule has 0 aliphatic carbocycles. The standard InChI is InChI=1S/C13H18N2O3/c1-2-11(14)12(16)15-8-10(13(17)18)9-6-4-3-5-7-9/h3-7,10-11H,2,8,14H2,1H3,(H,15,16)(H,17,18)/t10?,11-/m1/s1. The van der Waals surface area contributed by atoms with Crippen molar-refractivity contribution in [3.05, 3.63) is 35.9 Å². The third-order valence-corrected chi connectivity index (χ3v) is 2.76. The Morgan fingerprint density at radius 3 is 2.44 bits per heavy atom. The van der Waals surface area contributed by atoms with Crippen LogP contribution in [0.2, 0.25) is 0 Å². The molecule has 2 atom stereocenters. The van der Waals surface area contributed by atoms with Crippen molar-refractivity contribution in [1.29, 1.82) is 0 Å². The number of aliphatic carboxylic acids is 1. The molecular weight excluding hydrogens is 232 g/mol. The van der Waals surface area contributed by atoms with Crippen LogP contribution in [0.15, 0.2) is 30.3 Å². The summed E-state index contributed by atoms with van der Waals surface area (Å²) in [5.41, 5.74) is 6.22. The second-order valence-electron chi connectivity index (χ2n) is 4.06. The van der Waals surface area contributed by atoms with E-state index in [1.54, 1.807) is 31.2 Å². The lowest BCUT2D eigenvalue weighted by atomic mass is 9.99. The van der Waals surface area contributed by atoms with Crippen molar-refractivity contribution < 1.29 is 14.7 Å². The molecule has 0 radical (unpaired) electrons. The normalized spacial score (nSPS) is 13.7. The smallest absolute Gasteiger partial charge is 0.312 e. The Morgan fingerprint density at radius 1 is 1.33 bits per heavy atom. The topological polar surface area (TPSA) is 92.4 Å². The molecule has 0 heterocycles. The number of carboxylic acid groups (broad SMARTS) is 1. The van der Waals surface area contributed by atoms with Gasteiger partial charge >= 0.3 is 5.97 Å². The van der Waals surface area contributed by atoms with Gasteiger partial charge in [-0.3, -0.25) is 9.59 Å². The van der Waals surface area contributed by atoms with E-state index in [1.807, 2.05) is 6.07 Å². The maximum Gasteiger partial charge on any atom is 0.312 e. The first-order valence-corrected chi connectivity index (χ1v) is 5.87. The van der Waals surface area contributed by atoms with Crippen LogP contribution in [0.3, 0.4) is 0 Å². The second kappa shape index (κ2) is 6.76. The zero-order chi connectivity index (χ0) is 13.5. The van der Waals surface area contributed by atoms with Crippen LogP contribution in [0.1, 0.15) is 24.8 Å². The van der Waals surface area contributed by atoms with Gasteiger partial charge < -0.3 is 16.2 Å². The average Bonchev–Trinajstić information content (AvgIpc) is 2.38. The van der Waals surface area contributed by atoms with Crippen LogP contribution in [0.25, 0.3) is 0 Å². The summed E-state index contributed by atoms with van der Waals surface area (Å²) in [6.07, 6.45) is 0.523. The van der Waals surface area contributed by atoms with Gasteiger partial charge in [0.05, 0.1) is 12.0 Å². The van der Waals surface area contributed by atoms with Crippen molar-refractivity contribution in [2.45, 2.75) is 25.3 Å². The molecule has 0 aliphatic rings. The van der Waals surface area contributed by atoms with E-state index < -0.39 is 17.9 Å². The van der Waals surface area contributed by atoms with Gasteiger partial charge in [0.25, 0.3) is 0 Å². The van der Waals surface area contributed by atoms with Gasteiger partial charge in [-0.2, -0.15) is 0 Å². The molecule has 0 fully saturated rings. The molecule has 5 heteroatoms. The maximum atomic E-state index is 11.5. The van der Waals surface area contributed by atoms with Gasteiger partial charge in [-0.15, -0.1) is 0 Å². The number of rotatable bonds is 6. The predicted octanol–water partition coefficient (Wildman–Crippen LogP) is 0.708. The molecule has 0 saturated heterocycles. The maximum absolute atomic E-state index is 11.5. The van der Waals surface area contributed by atoms with E-state index in [-0.39, 0.29) is 12.5 Å². The fourth-order valence-electron chi connectivity index (χ4n) is 1.55. The quantitative estimate of drug-likeness (QED) is 0.693. The number of nitrogens with one attached hydrogen (secondary N) is 1. The van der Waals surface area contributed by atoms with Crippen molar-refractivity contribution >= 4 is 11.9 Å². The van der Waals surface area contributed by atoms with Gasteiger partial charge in [-0.05, 0) is 12.0 Å². The molecule has 18 heavy (non-hydrogen) atoms. The summed E-state index contributed by atoms with van der Waals surface area (Å²) in [4.78, 5) is 22.7. The number of hydrogen-bond acceptors (Lipinski definition) is 3. The van der Waals surface area contributed by atoms with Gasteiger partial charge in [0, 0.05) is 6.54 Å². The zero-order valence-electron chi connectivity index (χ0n) is 10.3. The molecule has 4 N–H and O–H groups in total. The first kappa shape index (κ1) is 14.2. The molecular formula is C13H18N2O3. The Morgan fingerprint density at radius 2 is 1.94 bits per heavy atom. The molecule has 1 aromatic rings. The third-order valence-electron chi connectivity index (χ3n) is 2.76. The Labute approximate surface area is 106 Å². The van der Waals surface area contributed by atoms with Crippen LogP contribution in [0.5, 0.6) is 0 Å². The summed E-state index contributed by atoms with van der Waals surface area (Å²) in [6, 6.07) is 8.22. The van der Waals surface area contributed by atoms with Gasteiger partial charge in [0.1, 0.15) is 0 Å². The molecule has 1 unspecified atom stereocenters. The van der Waals surface area contributed by atoms with Crippen LogP contribution in [-0.2, 0) is 9.59 Å². The molecule has 0 bridgehead atoms. The van der Waals surface area contributed by atoms with Crippen molar-refractivity contribution in [3.8, 4) is 0 Å². The van der Waals surface area contributed by atoms with E-state index in [2.05, 4.69) is 5.32 Å². The summed E-state index contributed by atoms with van der Waals surface area (Å²) < 4.78 is 0. The van der Waals surface area contributed by atoms with Gasteiger partial charge in [0.15, 0.2) is 0 Å². The van der Waals surface area contributed by atoms with E-state index in [4.69, 9.17) is 10.8 Å². The lowest BCUT2D eigenvalue weighted by Crippen LogP contribution is -2.42. The number of nitrogens with two attached hydrogens (primary N) is 1. The average molecular weight is 250 g/mol. The van der Waals surface area contributed by atoms with Crippen LogP contribution < -0.4 is 11.1 Å². The molecule has 0 saturated carbocycles. The van der Waals surface area contributed by atoms with Crippen molar-refractivity contribution in [3.63, 3.8) is 0 Å². The van der Waals surface area contributed by atoms with E-state index >= 15 is 0 Å². The highest BCUT2D eigenvalue weighted by atomic mass is 16.4. The highest BCUT2D eigenvalue weighted by Gasteiger charge is 2.21. The van der Waals surface area contributed by atoms with Crippen LogP contribution in [-0.4, -0.2) is 29.6 Å². The molecule has 0 spiro atoms. The number of carbonyl (C=O) groups excluding carboxylic acids is 1. The van der Waals surface area contributed by atoms with E-state index in [0.29, 0.717) is 12.0 Å². The minimum Gasteiger partial charge on any atom is -0.481 e. The van der Waals surface area contributed by atoms with Crippen LogP contribution in [0, 0.1) is 0 Å². The highest BCUT2D eigenvalue weighted by molar-refractivity contribution is 5.83. The van der Waals surface area contributed by atoms with Crippen molar-refractivity contribution in [1.82, 2.24) is 5.32 Å². The Kier molecular flexibility index (Phi) is 5.32. The fourth-order valence-corrected chi connectivity index (χ4v) is 1.55. The molecule has 0 aliphatic heterocycles. The first-order valence-electron chi connectivity index (χ1n) is 5.87. The lowest BCUT2D eigenvalue weighted by molar-refractivity contribution is -0.138. The Balaban J connectivity index is 2.66. The molecule has 0 aromatic heterocycles. The highest BCUT2D eigenvalue weighted by Crippen LogP contribution is 2.14. The van der Waals surface area contributed by atoms with E-state index in [0.717, 1.165) is 0 Å². The molecule has 1 rings (SSSR count). The van der Waals surface area contributed by atoms with E-state index in [9.17, 15) is 9.59 Å². The number of benzene rings is 1. The first-order chi connectivity index (χ1) is 8.56. The fraction of sp³-hybridized carbons (Fsp3) is 0.385. The summed E-state index contributed by atoms with van der Waals surface area (Å²) in [6.45, 7) is 1.85. The van der Waals surface area contributed by atoms with Crippen molar-refractivity contribution in [2.75, 3.05) is 6.54 Å². The number of amides is 1. The molecule has 1 amide bonds. The largest absolute Gasteiger partial charge is 0.481 e. The van der Waals surface area contributed by atoms with Crippen LogP contribution in [0.4, 0.5) is 0 Å². The van der Waals surface area contributed by atoms with Crippen LogP contribution >= 0.6 is 0 Å². The molecule has 5 nitrogen and oxygen atoms in total. The second-order valence-corrected chi connectivity index (χ2v) is 4.06. The summed E-state index contributed by atoms with van der Waals surface area (Å²) in [7, 11) is 0. The minimum atomic E-state index is -0.966. The lowest BCUT2D eigenvalue weighted by Gasteiger charge is -2.15.